The Balaban J connectivity index is 0.00000288. The zero-order valence-corrected chi connectivity index (χ0v) is 14.1. The second kappa shape index (κ2) is 8.17. The Hall–Kier alpha value is -1.32. The van der Waals surface area contributed by atoms with Gasteiger partial charge < -0.3 is 20.3 Å². The highest BCUT2D eigenvalue weighted by Gasteiger charge is 2.57. The number of carbonyl (C=O) groups is 1. The lowest BCUT2D eigenvalue weighted by molar-refractivity contribution is -0.272. The van der Waals surface area contributed by atoms with Gasteiger partial charge in [-0.25, -0.2) is 4.98 Å². The highest BCUT2D eigenvalue weighted by molar-refractivity contribution is 5.85. The second-order valence-corrected chi connectivity index (χ2v) is 5.76. The largest absolute Gasteiger partial charge is 0.424 e. The first-order valence-electron chi connectivity index (χ1n) is 7.54. The standard InChI is InChI=1S/C14H21F3N4O2.ClH/c1-21-9-8-20-12(21)13(23,14(15,16)17)5-7-19-11(22)10-4-2-3-6-18-10;/h8-10,18,23H,2-7H2,1H3,(H,19,22);1H. The molecule has 0 spiro atoms. The molecule has 0 aliphatic carbocycles. The third kappa shape index (κ3) is 4.40. The van der Waals surface area contributed by atoms with Crippen molar-refractivity contribution in [2.45, 2.75) is 43.5 Å². The van der Waals surface area contributed by atoms with Crippen molar-refractivity contribution in [1.82, 2.24) is 20.2 Å². The van der Waals surface area contributed by atoms with Crippen molar-refractivity contribution in [1.29, 1.82) is 0 Å². The molecule has 0 saturated carbocycles. The van der Waals surface area contributed by atoms with Crippen LogP contribution in [0.5, 0.6) is 0 Å². The van der Waals surface area contributed by atoms with Crippen LogP contribution in [0, 0.1) is 0 Å². The van der Waals surface area contributed by atoms with Crippen LogP contribution in [0.15, 0.2) is 12.4 Å². The van der Waals surface area contributed by atoms with E-state index >= 15 is 0 Å². The van der Waals surface area contributed by atoms with Crippen LogP contribution in [-0.4, -0.2) is 45.9 Å². The molecule has 1 amide bonds. The van der Waals surface area contributed by atoms with E-state index < -0.39 is 24.0 Å². The number of aromatic nitrogens is 2. The zero-order valence-electron chi connectivity index (χ0n) is 13.3. The number of alkyl halides is 3. The van der Waals surface area contributed by atoms with E-state index in [9.17, 15) is 23.1 Å². The van der Waals surface area contributed by atoms with Gasteiger partial charge in [0, 0.05) is 32.4 Å². The van der Waals surface area contributed by atoms with Gasteiger partial charge in [0.05, 0.1) is 6.04 Å². The number of piperidine rings is 1. The molecule has 1 aromatic rings. The Bertz CT molecular complexity index is 546. The number of carbonyl (C=O) groups excluding carboxylic acids is 1. The Morgan fingerprint density at radius 2 is 2.21 bits per heavy atom. The third-order valence-corrected chi connectivity index (χ3v) is 4.07. The van der Waals surface area contributed by atoms with Crippen LogP contribution in [0.3, 0.4) is 0 Å². The topological polar surface area (TPSA) is 79.2 Å². The number of aliphatic hydroxyl groups is 1. The van der Waals surface area contributed by atoms with Gasteiger partial charge in [-0.3, -0.25) is 4.79 Å². The molecule has 1 saturated heterocycles. The summed E-state index contributed by atoms with van der Waals surface area (Å²) in [5.41, 5.74) is -3.10. The van der Waals surface area contributed by atoms with Crippen LogP contribution >= 0.6 is 12.4 Å². The summed E-state index contributed by atoms with van der Waals surface area (Å²) in [7, 11) is 1.38. The van der Waals surface area contributed by atoms with Gasteiger partial charge >= 0.3 is 6.18 Å². The van der Waals surface area contributed by atoms with E-state index in [4.69, 9.17) is 0 Å². The average molecular weight is 371 g/mol. The summed E-state index contributed by atoms with van der Waals surface area (Å²) in [5, 5.41) is 15.6. The maximum absolute atomic E-state index is 13.3. The fourth-order valence-electron chi connectivity index (χ4n) is 2.71. The number of aryl methyl sites for hydroxylation is 1. The zero-order chi connectivity index (χ0) is 17.1. The highest BCUT2D eigenvalue weighted by atomic mass is 35.5. The van der Waals surface area contributed by atoms with Gasteiger partial charge in [0.25, 0.3) is 0 Å². The minimum atomic E-state index is -4.89. The lowest BCUT2D eigenvalue weighted by Gasteiger charge is -2.30. The summed E-state index contributed by atoms with van der Waals surface area (Å²) in [5.74, 6) is -0.830. The van der Waals surface area contributed by atoms with E-state index in [-0.39, 0.29) is 30.9 Å². The number of rotatable bonds is 5. The van der Waals surface area contributed by atoms with Crippen molar-refractivity contribution in [2.24, 2.45) is 7.05 Å². The summed E-state index contributed by atoms with van der Waals surface area (Å²) in [4.78, 5) is 15.5. The summed E-state index contributed by atoms with van der Waals surface area (Å²) in [6, 6.07) is -0.379. The molecule has 3 N–H and O–H groups in total. The van der Waals surface area contributed by atoms with Crippen LogP contribution in [0.25, 0.3) is 0 Å². The molecular formula is C14H22ClF3N4O2. The van der Waals surface area contributed by atoms with E-state index in [1.807, 2.05) is 0 Å². The second-order valence-electron chi connectivity index (χ2n) is 5.76. The van der Waals surface area contributed by atoms with Crippen molar-refractivity contribution in [3.05, 3.63) is 18.2 Å². The van der Waals surface area contributed by atoms with Crippen molar-refractivity contribution < 1.29 is 23.1 Å². The summed E-state index contributed by atoms with van der Waals surface area (Å²) >= 11 is 0. The van der Waals surface area contributed by atoms with E-state index in [1.54, 1.807) is 0 Å². The van der Waals surface area contributed by atoms with Crippen LogP contribution in [-0.2, 0) is 17.4 Å². The van der Waals surface area contributed by atoms with Gasteiger partial charge in [-0.15, -0.1) is 12.4 Å². The van der Waals surface area contributed by atoms with Crippen molar-refractivity contribution in [2.75, 3.05) is 13.1 Å². The van der Waals surface area contributed by atoms with E-state index in [1.165, 1.54) is 19.4 Å². The molecule has 0 radical (unpaired) electrons. The maximum atomic E-state index is 13.3. The SMILES string of the molecule is Cl.Cn1ccnc1C(O)(CCNC(=O)C1CCCCN1)C(F)(F)F. The number of nitrogens with one attached hydrogen (secondary N) is 2. The lowest BCUT2D eigenvalue weighted by Crippen LogP contribution is -2.50. The molecule has 1 aliphatic heterocycles. The van der Waals surface area contributed by atoms with Crippen LogP contribution < -0.4 is 10.6 Å². The quantitative estimate of drug-likeness (QED) is 0.728. The number of hydrogen-bond donors (Lipinski definition) is 3. The van der Waals surface area contributed by atoms with Crippen LogP contribution in [0.4, 0.5) is 13.2 Å². The van der Waals surface area contributed by atoms with Crippen molar-refractivity contribution >= 4 is 18.3 Å². The molecule has 0 bridgehead atoms. The number of amides is 1. The number of halogens is 4. The first-order chi connectivity index (χ1) is 10.8. The molecule has 1 aromatic heterocycles. The number of hydrogen-bond acceptors (Lipinski definition) is 4. The Morgan fingerprint density at radius 1 is 1.50 bits per heavy atom. The van der Waals surface area contributed by atoms with Gasteiger partial charge in [-0.2, -0.15) is 13.2 Å². The summed E-state index contributed by atoms with van der Waals surface area (Å²) in [6.07, 6.45) is -0.511. The summed E-state index contributed by atoms with van der Waals surface area (Å²) < 4.78 is 41.0. The normalized spacial score (nSPS) is 20.8. The van der Waals surface area contributed by atoms with Gasteiger partial charge in [0.1, 0.15) is 5.82 Å². The van der Waals surface area contributed by atoms with Gasteiger partial charge in [0.2, 0.25) is 11.5 Å². The molecule has 2 rings (SSSR count). The number of nitrogens with zero attached hydrogens (tertiary/aromatic N) is 2. The minimum Gasteiger partial charge on any atom is -0.374 e. The predicted molar refractivity (Wildman–Crippen MR) is 83.7 cm³/mol. The molecule has 6 nitrogen and oxygen atoms in total. The van der Waals surface area contributed by atoms with Crippen molar-refractivity contribution in [3.63, 3.8) is 0 Å². The molecular weight excluding hydrogens is 349 g/mol. The maximum Gasteiger partial charge on any atom is 0.424 e. The molecule has 2 unspecified atom stereocenters. The van der Waals surface area contributed by atoms with Crippen LogP contribution in [0.2, 0.25) is 0 Å². The molecule has 24 heavy (non-hydrogen) atoms. The smallest absolute Gasteiger partial charge is 0.374 e. The molecule has 0 aromatic carbocycles. The predicted octanol–water partition coefficient (Wildman–Crippen LogP) is 1.24. The molecule has 2 atom stereocenters. The Labute approximate surface area is 144 Å². The van der Waals surface area contributed by atoms with Gasteiger partial charge in [-0.1, -0.05) is 6.42 Å². The summed E-state index contributed by atoms with van der Waals surface area (Å²) in [6.45, 7) is 0.428. The van der Waals surface area contributed by atoms with E-state index in [0.717, 1.165) is 24.0 Å². The number of imidazole rings is 1. The Kier molecular flexibility index (Phi) is 7.06. The third-order valence-electron chi connectivity index (χ3n) is 4.07. The molecule has 138 valence electrons. The van der Waals surface area contributed by atoms with E-state index in [0.29, 0.717) is 6.42 Å². The van der Waals surface area contributed by atoms with Gasteiger partial charge in [0.15, 0.2) is 0 Å². The van der Waals surface area contributed by atoms with Gasteiger partial charge in [-0.05, 0) is 19.4 Å². The first kappa shape index (κ1) is 20.7. The van der Waals surface area contributed by atoms with Crippen LogP contribution in [0.1, 0.15) is 31.5 Å². The first-order valence-corrected chi connectivity index (χ1v) is 7.54. The molecule has 1 fully saturated rings. The highest BCUT2D eigenvalue weighted by Crippen LogP contribution is 2.40. The molecule has 10 heteroatoms. The fourth-order valence-corrected chi connectivity index (χ4v) is 2.71. The van der Waals surface area contributed by atoms with Crippen molar-refractivity contribution in [3.8, 4) is 0 Å². The van der Waals surface area contributed by atoms with E-state index in [2.05, 4.69) is 15.6 Å². The average Bonchev–Trinajstić information content (AvgIpc) is 2.93. The lowest BCUT2D eigenvalue weighted by atomic mass is 9.97. The Morgan fingerprint density at radius 3 is 2.71 bits per heavy atom. The molecule has 2 heterocycles. The monoisotopic (exact) mass is 370 g/mol. The molecule has 1 aliphatic rings. The minimum absolute atomic E-state index is 0. The fraction of sp³-hybridized carbons (Fsp3) is 0.714.